The van der Waals surface area contributed by atoms with Crippen LogP contribution in [0.5, 0.6) is 5.75 Å². The van der Waals surface area contributed by atoms with Gasteiger partial charge in [-0.2, -0.15) is 0 Å². The van der Waals surface area contributed by atoms with Crippen molar-refractivity contribution >= 4 is 5.91 Å². The van der Waals surface area contributed by atoms with Crippen LogP contribution in [0.1, 0.15) is 19.8 Å². The maximum absolute atomic E-state index is 12.0. The lowest BCUT2D eigenvalue weighted by Crippen LogP contribution is -2.31. The zero-order valence-electron chi connectivity index (χ0n) is 11.3. The fourth-order valence-corrected chi connectivity index (χ4v) is 2.34. The summed E-state index contributed by atoms with van der Waals surface area (Å²) in [5.41, 5.74) is 0. The number of nitrogens with zero attached hydrogens (tertiary/aromatic N) is 1. The highest BCUT2D eigenvalue weighted by atomic mass is 16.5. The van der Waals surface area contributed by atoms with Gasteiger partial charge < -0.3 is 14.7 Å². The lowest BCUT2D eigenvalue weighted by Gasteiger charge is -2.17. The van der Waals surface area contributed by atoms with Crippen LogP contribution < -0.4 is 4.74 Å². The molecule has 0 aromatic heterocycles. The van der Waals surface area contributed by atoms with E-state index in [1.54, 1.807) is 6.92 Å². The van der Waals surface area contributed by atoms with E-state index in [1.165, 1.54) is 0 Å². The van der Waals surface area contributed by atoms with Gasteiger partial charge in [0.1, 0.15) is 5.75 Å². The van der Waals surface area contributed by atoms with E-state index in [4.69, 9.17) is 4.74 Å². The highest BCUT2D eigenvalue weighted by molar-refractivity contribution is 5.76. The summed E-state index contributed by atoms with van der Waals surface area (Å²) in [5, 5.41) is 9.51. The van der Waals surface area contributed by atoms with E-state index >= 15 is 0 Å². The van der Waals surface area contributed by atoms with Crippen LogP contribution in [0, 0.1) is 5.92 Å². The lowest BCUT2D eigenvalue weighted by molar-refractivity contribution is -0.130. The molecule has 1 aromatic rings. The van der Waals surface area contributed by atoms with Crippen molar-refractivity contribution in [1.82, 2.24) is 4.90 Å². The van der Waals surface area contributed by atoms with Gasteiger partial charge in [0.25, 0.3) is 0 Å². The third-order valence-corrected chi connectivity index (χ3v) is 3.59. The molecule has 104 valence electrons. The summed E-state index contributed by atoms with van der Waals surface area (Å²) in [7, 11) is 0. The first kappa shape index (κ1) is 13.9. The number of benzene rings is 1. The number of carbonyl (C=O) groups excluding carboxylic acids is 1. The molecule has 2 atom stereocenters. The smallest absolute Gasteiger partial charge is 0.226 e. The average Bonchev–Trinajstić information content (AvgIpc) is 2.89. The summed E-state index contributed by atoms with van der Waals surface area (Å²) in [4.78, 5) is 13.8. The minimum Gasteiger partial charge on any atom is -0.493 e. The Balaban J connectivity index is 1.71. The first-order chi connectivity index (χ1) is 9.16. The highest BCUT2D eigenvalue weighted by Crippen LogP contribution is 2.20. The Labute approximate surface area is 114 Å². The molecule has 1 aliphatic rings. The maximum atomic E-state index is 12.0. The van der Waals surface area contributed by atoms with Gasteiger partial charge in [-0.15, -0.1) is 0 Å². The van der Waals surface area contributed by atoms with E-state index in [1.807, 2.05) is 35.2 Å². The van der Waals surface area contributed by atoms with Gasteiger partial charge in [0.2, 0.25) is 5.91 Å². The first-order valence-corrected chi connectivity index (χ1v) is 6.80. The van der Waals surface area contributed by atoms with Crippen molar-refractivity contribution in [2.75, 3.05) is 19.7 Å². The molecule has 2 rings (SSSR count). The Hall–Kier alpha value is -1.55. The molecule has 1 aliphatic heterocycles. The Kier molecular flexibility index (Phi) is 4.80. The molecule has 4 nitrogen and oxygen atoms in total. The summed E-state index contributed by atoms with van der Waals surface area (Å²) in [6.45, 7) is 3.61. The van der Waals surface area contributed by atoms with Gasteiger partial charge in [-0.25, -0.2) is 0 Å². The molecular weight excluding hydrogens is 242 g/mol. The molecule has 0 aliphatic carbocycles. The quantitative estimate of drug-likeness (QED) is 0.879. The predicted molar refractivity (Wildman–Crippen MR) is 72.9 cm³/mol. The van der Waals surface area contributed by atoms with Crippen molar-refractivity contribution in [3.63, 3.8) is 0 Å². The SMILES string of the molecule is CC(O)C1CCN(C(=O)CCOc2ccccc2)C1. The third-order valence-electron chi connectivity index (χ3n) is 3.59. The van der Waals surface area contributed by atoms with E-state index < -0.39 is 0 Å². The average molecular weight is 263 g/mol. The molecule has 0 saturated carbocycles. The monoisotopic (exact) mass is 263 g/mol. The van der Waals surface area contributed by atoms with E-state index in [0.29, 0.717) is 19.6 Å². The van der Waals surface area contributed by atoms with Crippen LogP contribution in [0.3, 0.4) is 0 Å². The molecule has 1 N–H and O–H groups in total. The molecule has 1 saturated heterocycles. The minimum absolute atomic E-state index is 0.110. The number of carbonyl (C=O) groups is 1. The van der Waals surface area contributed by atoms with Gasteiger partial charge in [0, 0.05) is 19.0 Å². The second kappa shape index (κ2) is 6.57. The number of para-hydroxylation sites is 1. The van der Waals surface area contributed by atoms with E-state index in [-0.39, 0.29) is 17.9 Å². The van der Waals surface area contributed by atoms with Crippen molar-refractivity contribution in [3.05, 3.63) is 30.3 Å². The van der Waals surface area contributed by atoms with Gasteiger partial charge in [-0.1, -0.05) is 18.2 Å². The molecule has 1 aromatic carbocycles. The molecule has 4 heteroatoms. The largest absolute Gasteiger partial charge is 0.493 e. The van der Waals surface area contributed by atoms with Gasteiger partial charge >= 0.3 is 0 Å². The first-order valence-electron chi connectivity index (χ1n) is 6.80. The number of aliphatic hydroxyl groups excluding tert-OH is 1. The van der Waals surface area contributed by atoms with Crippen molar-refractivity contribution < 1.29 is 14.6 Å². The molecule has 1 heterocycles. The zero-order valence-corrected chi connectivity index (χ0v) is 11.3. The van der Waals surface area contributed by atoms with Gasteiger partial charge in [-0.3, -0.25) is 4.79 Å². The lowest BCUT2D eigenvalue weighted by atomic mass is 10.0. The number of ether oxygens (including phenoxy) is 1. The van der Waals surface area contributed by atoms with Gasteiger partial charge in [-0.05, 0) is 25.5 Å². The molecule has 0 spiro atoms. The molecule has 1 fully saturated rings. The number of hydrogen-bond acceptors (Lipinski definition) is 3. The number of aliphatic hydroxyl groups is 1. The number of hydrogen-bond donors (Lipinski definition) is 1. The van der Waals surface area contributed by atoms with E-state index in [0.717, 1.165) is 18.7 Å². The van der Waals surface area contributed by atoms with Crippen LogP contribution in [0.15, 0.2) is 30.3 Å². The maximum Gasteiger partial charge on any atom is 0.226 e. The summed E-state index contributed by atoms with van der Waals surface area (Å²) in [5.74, 6) is 1.12. The summed E-state index contributed by atoms with van der Waals surface area (Å²) in [6, 6.07) is 9.50. The van der Waals surface area contributed by atoms with Crippen molar-refractivity contribution in [3.8, 4) is 5.75 Å². The Morgan fingerprint density at radius 1 is 1.47 bits per heavy atom. The standard InChI is InChI=1S/C15H21NO3/c1-12(17)13-7-9-16(11-13)15(18)8-10-19-14-5-3-2-4-6-14/h2-6,12-13,17H,7-11H2,1H3. The molecule has 1 amide bonds. The summed E-state index contributed by atoms with van der Waals surface area (Å²) in [6.07, 6.45) is 0.947. The van der Waals surface area contributed by atoms with Crippen LogP contribution in [0.2, 0.25) is 0 Å². The number of rotatable bonds is 5. The van der Waals surface area contributed by atoms with Crippen LogP contribution in [0.4, 0.5) is 0 Å². The third kappa shape index (κ3) is 3.96. The Morgan fingerprint density at radius 3 is 2.84 bits per heavy atom. The van der Waals surface area contributed by atoms with Crippen molar-refractivity contribution in [2.45, 2.75) is 25.9 Å². The normalized spacial score (nSPS) is 20.3. The number of amides is 1. The summed E-state index contributed by atoms with van der Waals surface area (Å²) >= 11 is 0. The molecular formula is C15H21NO3. The fraction of sp³-hybridized carbons (Fsp3) is 0.533. The second-order valence-electron chi connectivity index (χ2n) is 5.04. The Morgan fingerprint density at radius 2 is 2.21 bits per heavy atom. The van der Waals surface area contributed by atoms with Crippen LogP contribution in [-0.4, -0.2) is 41.7 Å². The van der Waals surface area contributed by atoms with Crippen molar-refractivity contribution in [2.24, 2.45) is 5.92 Å². The van der Waals surface area contributed by atoms with Crippen molar-refractivity contribution in [1.29, 1.82) is 0 Å². The van der Waals surface area contributed by atoms with Gasteiger partial charge in [0.05, 0.1) is 19.1 Å². The molecule has 0 radical (unpaired) electrons. The summed E-state index contributed by atoms with van der Waals surface area (Å²) < 4.78 is 5.51. The second-order valence-corrected chi connectivity index (χ2v) is 5.04. The number of likely N-dealkylation sites (tertiary alicyclic amines) is 1. The minimum atomic E-state index is -0.335. The predicted octanol–water partition coefficient (Wildman–Crippen LogP) is 1.68. The fourth-order valence-electron chi connectivity index (χ4n) is 2.34. The van der Waals surface area contributed by atoms with E-state index in [9.17, 15) is 9.90 Å². The van der Waals surface area contributed by atoms with Gasteiger partial charge in [0.15, 0.2) is 0 Å². The van der Waals surface area contributed by atoms with E-state index in [2.05, 4.69) is 0 Å². The molecule has 2 unspecified atom stereocenters. The molecule has 19 heavy (non-hydrogen) atoms. The Bertz CT molecular complexity index is 405. The zero-order chi connectivity index (χ0) is 13.7. The van der Waals surface area contributed by atoms with Crippen LogP contribution >= 0.6 is 0 Å². The van der Waals surface area contributed by atoms with Crippen LogP contribution in [0.25, 0.3) is 0 Å². The molecule has 0 bridgehead atoms. The topological polar surface area (TPSA) is 49.8 Å². The van der Waals surface area contributed by atoms with Crippen LogP contribution in [-0.2, 0) is 4.79 Å². The highest BCUT2D eigenvalue weighted by Gasteiger charge is 2.28.